The smallest absolute Gasteiger partial charge is 0.351 e. The van der Waals surface area contributed by atoms with Crippen LogP contribution in [-0.4, -0.2) is 34.7 Å². The third-order valence-electron chi connectivity index (χ3n) is 3.69. The summed E-state index contributed by atoms with van der Waals surface area (Å²) in [5.74, 6) is -0.694. The quantitative estimate of drug-likeness (QED) is 0.618. The molecule has 0 saturated carbocycles. The highest BCUT2D eigenvalue weighted by Gasteiger charge is 2.46. The van der Waals surface area contributed by atoms with E-state index >= 15 is 0 Å². The van der Waals surface area contributed by atoms with E-state index in [2.05, 4.69) is 15.4 Å². The van der Waals surface area contributed by atoms with Gasteiger partial charge >= 0.3 is 11.5 Å². The number of carbonyl (C=O) groups is 1. The van der Waals surface area contributed by atoms with Crippen molar-refractivity contribution in [3.8, 4) is 17.1 Å². The van der Waals surface area contributed by atoms with E-state index in [0.29, 0.717) is 0 Å². The second kappa shape index (κ2) is 7.16. The number of hydrogen-bond acceptors (Lipinski definition) is 5. The van der Waals surface area contributed by atoms with E-state index in [1.54, 1.807) is 0 Å². The van der Waals surface area contributed by atoms with E-state index in [1.165, 1.54) is 23.1 Å². The summed E-state index contributed by atoms with van der Waals surface area (Å²) >= 11 is 0. The number of hydrogen-bond donors (Lipinski definition) is 2. The highest BCUT2D eigenvalue weighted by atomic mass is 32.2. The molecule has 3 N–H and O–H groups in total. The Morgan fingerprint density at radius 1 is 1.10 bits per heavy atom. The Bertz CT molecular complexity index is 1170. The van der Waals surface area contributed by atoms with Crippen LogP contribution in [0.1, 0.15) is 0 Å². The van der Waals surface area contributed by atoms with Crippen LogP contribution in [-0.2, 0) is 9.84 Å². The number of halogens is 4. The molecule has 29 heavy (non-hydrogen) atoms. The normalized spacial score (nSPS) is 12.0. The van der Waals surface area contributed by atoms with Crippen LogP contribution in [0.2, 0.25) is 0 Å². The molecule has 3 rings (SSSR count). The number of benzene rings is 2. The van der Waals surface area contributed by atoms with Gasteiger partial charge < -0.3 is 11.1 Å². The zero-order valence-corrected chi connectivity index (χ0v) is 15.0. The lowest BCUT2D eigenvalue weighted by Gasteiger charge is -2.08. The first-order chi connectivity index (χ1) is 13.5. The Morgan fingerprint density at radius 3 is 2.31 bits per heavy atom. The third kappa shape index (κ3) is 4.03. The zero-order valence-electron chi connectivity index (χ0n) is 14.2. The van der Waals surface area contributed by atoms with Crippen LogP contribution in [0.3, 0.4) is 0 Å². The molecule has 0 aliphatic rings. The van der Waals surface area contributed by atoms with Crippen molar-refractivity contribution in [1.82, 2.24) is 14.8 Å². The summed E-state index contributed by atoms with van der Waals surface area (Å²) in [4.78, 5) is 13.9. The van der Waals surface area contributed by atoms with Gasteiger partial charge in [0.05, 0.1) is 16.3 Å². The summed E-state index contributed by atoms with van der Waals surface area (Å²) in [5, 5.41) is 6.18. The zero-order chi connectivity index (χ0) is 21.4. The summed E-state index contributed by atoms with van der Waals surface area (Å²) in [6, 6.07) is 6.64. The number of primary amides is 1. The van der Waals surface area contributed by atoms with Gasteiger partial charge in [-0.2, -0.15) is 13.2 Å². The molecule has 2 aromatic carbocycles. The molecule has 3 aromatic rings. The van der Waals surface area contributed by atoms with Gasteiger partial charge in [-0.3, -0.25) is 0 Å². The highest BCUT2D eigenvalue weighted by Crippen LogP contribution is 2.30. The Balaban J connectivity index is 1.87. The lowest BCUT2D eigenvalue weighted by Crippen LogP contribution is -2.23. The second-order valence-corrected chi connectivity index (χ2v) is 7.58. The number of nitrogens with zero attached hydrogens (tertiary/aromatic N) is 3. The molecule has 8 nitrogen and oxygen atoms in total. The molecule has 0 aliphatic heterocycles. The van der Waals surface area contributed by atoms with Crippen LogP contribution in [0.4, 0.5) is 28.0 Å². The Labute approximate surface area is 160 Å². The maximum absolute atomic E-state index is 14.0. The standard InChI is InChI=1S/C16H11F4N5O3S/c17-12-7-9(1-6-13(12)23-15(21)26)14-22-8-25(24-14)10-2-4-11(5-3-10)29(27,28)16(18,19)20/h1-8H,(H3,21,23,26). The lowest BCUT2D eigenvalue weighted by atomic mass is 10.2. The first-order valence-corrected chi connectivity index (χ1v) is 9.17. The molecule has 1 heterocycles. The summed E-state index contributed by atoms with van der Waals surface area (Å²) in [5.41, 5.74) is -0.128. The van der Waals surface area contributed by atoms with Crippen molar-refractivity contribution in [2.45, 2.75) is 10.4 Å². The molecule has 13 heteroatoms. The Hall–Kier alpha value is -3.48. The monoisotopic (exact) mass is 429 g/mol. The molecule has 1 aromatic heterocycles. The number of anilines is 1. The molecule has 2 amide bonds. The van der Waals surface area contributed by atoms with Crippen LogP contribution < -0.4 is 11.1 Å². The van der Waals surface area contributed by atoms with Crippen LogP contribution in [0, 0.1) is 5.82 Å². The molecular formula is C16H11F4N5O3S. The van der Waals surface area contributed by atoms with E-state index in [1.807, 2.05) is 0 Å². The summed E-state index contributed by atoms with van der Waals surface area (Å²) < 4.78 is 75.7. The van der Waals surface area contributed by atoms with Gasteiger partial charge in [0.2, 0.25) is 0 Å². The Kier molecular flexibility index (Phi) is 5.00. The molecule has 0 bridgehead atoms. The number of sulfone groups is 1. The van der Waals surface area contributed by atoms with Crippen molar-refractivity contribution in [1.29, 1.82) is 0 Å². The number of nitrogens with one attached hydrogen (secondary N) is 1. The fourth-order valence-corrected chi connectivity index (χ4v) is 3.08. The summed E-state index contributed by atoms with van der Waals surface area (Å²) in [6.07, 6.45) is 1.22. The third-order valence-corrected chi connectivity index (χ3v) is 5.20. The fraction of sp³-hybridized carbons (Fsp3) is 0.0625. The van der Waals surface area contributed by atoms with Gasteiger partial charge in [0.15, 0.2) is 5.82 Å². The maximum atomic E-state index is 14.0. The first kappa shape index (κ1) is 20.3. The van der Waals surface area contributed by atoms with Gasteiger partial charge in [0.1, 0.15) is 12.1 Å². The number of amides is 2. The van der Waals surface area contributed by atoms with Crippen LogP contribution in [0.15, 0.2) is 53.7 Å². The van der Waals surface area contributed by atoms with Crippen molar-refractivity contribution < 1.29 is 30.8 Å². The first-order valence-electron chi connectivity index (χ1n) is 7.69. The van der Waals surface area contributed by atoms with Crippen molar-refractivity contribution >= 4 is 21.6 Å². The van der Waals surface area contributed by atoms with E-state index in [9.17, 15) is 30.8 Å². The van der Waals surface area contributed by atoms with Crippen LogP contribution in [0.25, 0.3) is 17.1 Å². The highest BCUT2D eigenvalue weighted by molar-refractivity contribution is 7.92. The average molecular weight is 429 g/mol. The Morgan fingerprint density at radius 2 is 1.76 bits per heavy atom. The fourth-order valence-electron chi connectivity index (χ4n) is 2.32. The van der Waals surface area contributed by atoms with Crippen molar-refractivity contribution in [2.24, 2.45) is 5.73 Å². The minimum atomic E-state index is -5.46. The van der Waals surface area contributed by atoms with E-state index in [-0.39, 0.29) is 22.8 Å². The molecule has 152 valence electrons. The molecule has 0 fully saturated rings. The van der Waals surface area contributed by atoms with Gasteiger partial charge in [0, 0.05) is 5.56 Å². The number of alkyl halides is 3. The topological polar surface area (TPSA) is 120 Å². The van der Waals surface area contributed by atoms with Crippen LogP contribution in [0.5, 0.6) is 0 Å². The molecule has 0 saturated heterocycles. The molecule has 0 spiro atoms. The van der Waals surface area contributed by atoms with E-state index in [0.717, 1.165) is 30.3 Å². The van der Waals surface area contributed by atoms with Gasteiger partial charge in [-0.25, -0.2) is 27.3 Å². The van der Waals surface area contributed by atoms with Gasteiger partial charge in [-0.05, 0) is 42.5 Å². The molecule has 0 radical (unpaired) electrons. The minimum absolute atomic E-state index is 0.0847. The predicted octanol–water partition coefficient (Wildman–Crippen LogP) is 2.86. The summed E-state index contributed by atoms with van der Waals surface area (Å²) in [6.45, 7) is 0. The molecule has 0 aliphatic carbocycles. The van der Waals surface area contributed by atoms with Gasteiger partial charge in [-0.1, -0.05) is 0 Å². The average Bonchev–Trinajstić information content (AvgIpc) is 3.12. The number of carbonyl (C=O) groups excluding carboxylic acids is 1. The van der Waals surface area contributed by atoms with Crippen molar-refractivity contribution in [3.63, 3.8) is 0 Å². The van der Waals surface area contributed by atoms with Crippen molar-refractivity contribution in [2.75, 3.05) is 5.32 Å². The number of aromatic nitrogens is 3. The maximum Gasteiger partial charge on any atom is 0.501 e. The predicted molar refractivity (Wildman–Crippen MR) is 93.2 cm³/mol. The van der Waals surface area contributed by atoms with Gasteiger partial charge in [-0.15, -0.1) is 5.10 Å². The van der Waals surface area contributed by atoms with E-state index < -0.39 is 32.1 Å². The number of rotatable bonds is 4. The molecule has 0 atom stereocenters. The van der Waals surface area contributed by atoms with Crippen LogP contribution >= 0.6 is 0 Å². The molecule has 0 unspecified atom stereocenters. The summed E-state index contributed by atoms with van der Waals surface area (Å²) in [7, 11) is -5.46. The van der Waals surface area contributed by atoms with Crippen molar-refractivity contribution in [3.05, 3.63) is 54.6 Å². The number of urea groups is 1. The second-order valence-electron chi connectivity index (χ2n) is 5.64. The number of nitrogens with two attached hydrogens (primary N) is 1. The largest absolute Gasteiger partial charge is 0.501 e. The van der Waals surface area contributed by atoms with E-state index in [4.69, 9.17) is 5.73 Å². The van der Waals surface area contributed by atoms with Gasteiger partial charge in [0.25, 0.3) is 9.84 Å². The lowest BCUT2D eigenvalue weighted by molar-refractivity contribution is -0.0436. The minimum Gasteiger partial charge on any atom is -0.351 e. The SMILES string of the molecule is NC(=O)Nc1ccc(-c2ncn(-c3ccc(S(=O)(=O)C(F)(F)F)cc3)n2)cc1F. The molecular weight excluding hydrogens is 418 g/mol.